The third kappa shape index (κ3) is 25.9. The standard InChI is InChI=1S/C6H14N2S.C6H16N2/c1-8(2)6-4-3-5-7-9;1-8(2)6-4-3-5-7/h3-6H2,1-2H3;3-7H2,1-2H3. The fraction of sp³-hybridized carbons (Fsp3) is 1.00. The second kappa shape index (κ2) is 15.9. The first-order valence-corrected chi connectivity index (χ1v) is 6.69. The van der Waals surface area contributed by atoms with E-state index in [1.54, 1.807) is 0 Å². The van der Waals surface area contributed by atoms with Gasteiger partial charge < -0.3 is 15.5 Å². The molecular weight excluding hydrogens is 232 g/mol. The van der Waals surface area contributed by atoms with Crippen molar-refractivity contribution in [2.75, 3.05) is 54.4 Å². The van der Waals surface area contributed by atoms with Crippen molar-refractivity contribution < 1.29 is 0 Å². The van der Waals surface area contributed by atoms with Crippen LogP contribution in [0, 0.1) is 0 Å². The van der Waals surface area contributed by atoms with Crippen molar-refractivity contribution in [3.05, 3.63) is 0 Å². The van der Waals surface area contributed by atoms with E-state index in [1.807, 2.05) is 0 Å². The fourth-order valence-corrected chi connectivity index (χ4v) is 1.31. The van der Waals surface area contributed by atoms with Gasteiger partial charge in [0.2, 0.25) is 0 Å². The Bertz CT molecular complexity index is 151. The van der Waals surface area contributed by atoms with Gasteiger partial charge in [0.05, 0.1) is 6.54 Å². The largest absolute Gasteiger partial charge is 0.330 e. The summed E-state index contributed by atoms with van der Waals surface area (Å²) in [5.41, 5.74) is 5.30. The molecule has 0 radical (unpaired) electrons. The van der Waals surface area contributed by atoms with Gasteiger partial charge in [0.25, 0.3) is 0 Å². The summed E-state index contributed by atoms with van der Waals surface area (Å²) >= 11 is 4.44. The monoisotopic (exact) mass is 262 g/mol. The van der Waals surface area contributed by atoms with Gasteiger partial charge in [-0.3, -0.25) is 0 Å². The lowest BCUT2D eigenvalue weighted by molar-refractivity contribution is 0.395. The van der Waals surface area contributed by atoms with E-state index in [0.29, 0.717) is 0 Å². The summed E-state index contributed by atoms with van der Waals surface area (Å²) in [5, 5.41) is 0. The fourth-order valence-electron chi connectivity index (χ4n) is 1.18. The van der Waals surface area contributed by atoms with Crippen LogP contribution in [0.25, 0.3) is 0 Å². The van der Waals surface area contributed by atoms with Gasteiger partial charge in [0.15, 0.2) is 0 Å². The molecule has 0 aromatic heterocycles. The number of hydrogen-bond donors (Lipinski definition) is 1. The zero-order valence-corrected chi connectivity index (χ0v) is 12.8. The molecule has 0 atom stereocenters. The van der Waals surface area contributed by atoms with Crippen LogP contribution in [0.4, 0.5) is 0 Å². The summed E-state index contributed by atoms with van der Waals surface area (Å²) in [6.07, 6.45) is 4.70. The Hall–Kier alpha value is -0.100. The Labute approximate surface area is 113 Å². The highest BCUT2D eigenvalue weighted by molar-refractivity contribution is 7.47. The van der Waals surface area contributed by atoms with Crippen LogP contribution in [0.1, 0.15) is 25.7 Å². The molecule has 104 valence electrons. The van der Waals surface area contributed by atoms with Gasteiger partial charge in [-0.15, -0.1) is 0 Å². The first-order chi connectivity index (χ1) is 8.04. The van der Waals surface area contributed by atoms with Crippen LogP contribution in [0.2, 0.25) is 0 Å². The summed E-state index contributed by atoms with van der Waals surface area (Å²) in [6.45, 7) is 3.97. The molecule has 0 heterocycles. The van der Waals surface area contributed by atoms with Gasteiger partial charge in [0.1, 0.15) is 0 Å². The average Bonchev–Trinajstić information content (AvgIpc) is 2.25. The molecule has 0 aliphatic carbocycles. The number of unbranched alkanes of at least 4 members (excludes halogenated alkanes) is 2. The van der Waals surface area contributed by atoms with Crippen molar-refractivity contribution in [1.29, 1.82) is 0 Å². The van der Waals surface area contributed by atoms with Gasteiger partial charge in [-0.1, -0.05) is 0 Å². The summed E-state index contributed by atoms with van der Waals surface area (Å²) in [4.78, 5) is 4.35. The molecule has 0 fully saturated rings. The van der Waals surface area contributed by atoms with Crippen LogP contribution in [-0.4, -0.2) is 64.2 Å². The second-order valence-corrected chi connectivity index (χ2v) is 4.92. The van der Waals surface area contributed by atoms with Gasteiger partial charge >= 0.3 is 0 Å². The van der Waals surface area contributed by atoms with E-state index in [0.717, 1.165) is 39.0 Å². The Morgan fingerprint density at radius 3 is 1.71 bits per heavy atom. The predicted octanol–water partition coefficient (Wildman–Crippen LogP) is 1.35. The van der Waals surface area contributed by atoms with E-state index < -0.39 is 0 Å². The van der Waals surface area contributed by atoms with Crippen LogP contribution >= 0.6 is 0 Å². The quantitative estimate of drug-likeness (QED) is 0.637. The number of nitrogens with two attached hydrogens (primary N) is 1. The van der Waals surface area contributed by atoms with E-state index in [9.17, 15) is 0 Å². The molecule has 0 bridgehead atoms. The first-order valence-electron chi connectivity index (χ1n) is 6.33. The van der Waals surface area contributed by atoms with Crippen molar-refractivity contribution >= 4 is 12.4 Å². The van der Waals surface area contributed by atoms with Crippen LogP contribution < -0.4 is 5.73 Å². The maximum Gasteiger partial charge on any atom is 0.0521 e. The van der Waals surface area contributed by atoms with Crippen molar-refractivity contribution in [1.82, 2.24) is 9.80 Å². The normalized spacial score (nSPS) is 10.3. The molecular formula is C12H30N4S. The van der Waals surface area contributed by atoms with Crippen LogP contribution in [0.3, 0.4) is 0 Å². The SMILES string of the molecule is CN(C)CCCCN.CN(C)CCCCN=S. The van der Waals surface area contributed by atoms with E-state index in [1.165, 1.54) is 12.8 Å². The third-order valence-corrected chi connectivity index (χ3v) is 2.35. The van der Waals surface area contributed by atoms with Crippen molar-refractivity contribution in [2.24, 2.45) is 10.1 Å². The van der Waals surface area contributed by atoms with Crippen LogP contribution in [0.5, 0.6) is 0 Å². The Kier molecular flexibility index (Phi) is 18.0. The Morgan fingerprint density at radius 2 is 1.35 bits per heavy atom. The van der Waals surface area contributed by atoms with Gasteiger partial charge in [-0.05, 0) is 73.5 Å². The summed E-state index contributed by atoms with van der Waals surface area (Å²) in [5.74, 6) is 0. The molecule has 0 aliphatic rings. The molecule has 0 unspecified atom stereocenters. The average molecular weight is 262 g/mol. The lowest BCUT2D eigenvalue weighted by Crippen LogP contribution is -2.14. The second-order valence-electron chi connectivity index (χ2n) is 4.66. The molecule has 0 saturated heterocycles. The lowest BCUT2D eigenvalue weighted by atomic mass is 10.3. The lowest BCUT2D eigenvalue weighted by Gasteiger charge is -2.06. The summed E-state index contributed by atoms with van der Waals surface area (Å²) in [7, 11) is 8.31. The highest BCUT2D eigenvalue weighted by atomic mass is 32.1. The molecule has 0 spiro atoms. The highest BCUT2D eigenvalue weighted by Crippen LogP contribution is 1.89. The molecule has 5 heteroatoms. The number of hydrogen-bond acceptors (Lipinski definition) is 5. The molecule has 0 amide bonds. The zero-order valence-electron chi connectivity index (χ0n) is 12.0. The molecule has 0 rings (SSSR count). The maximum atomic E-state index is 5.30. The van der Waals surface area contributed by atoms with E-state index in [2.05, 4.69) is 54.8 Å². The van der Waals surface area contributed by atoms with Crippen molar-refractivity contribution in [3.8, 4) is 0 Å². The minimum Gasteiger partial charge on any atom is -0.330 e. The molecule has 0 saturated carbocycles. The molecule has 0 aromatic carbocycles. The topological polar surface area (TPSA) is 44.9 Å². The molecule has 0 aromatic rings. The third-order valence-electron chi connectivity index (χ3n) is 2.16. The van der Waals surface area contributed by atoms with Gasteiger partial charge in [0, 0.05) is 12.4 Å². The molecule has 17 heavy (non-hydrogen) atoms. The number of rotatable bonds is 9. The van der Waals surface area contributed by atoms with Crippen molar-refractivity contribution in [2.45, 2.75) is 25.7 Å². The maximum absolute atomic E-state index is 5.30. The first kappa shape index (κ1) is 19.2. The minimum atomic E-state index is 0.827. The molecule has 4 nitrogen and oxygen atoms in total. The predicted molar refractivity (Wildman–Crippen MR) is 79.3 cm³/mol. The highest BCUT2D eigenvalue weighted by Gasteiger charge is 1.88. The Morgan fingerprint density at radius 1 is 0.882 bits per heavy atom. The Balaban J connectivity index is 0. The summed E-state index contributed by atoms with van der Waals surface area (Å²) < 4.78 is 3.60. The van der Waals surface area contributed by atoms with Crippen LogP contribution in [0.15, 0.2) is 4.36 Å². The smallest absolute Gasteiger partial charge is 0.0521 e. The summed E-state index contributed by atoms with van der Waals surface area (Å²) in [6, 6.07) is 0. The van der Waals surface area contributed by atoms with Crippen molar-refractivity contribution in [3.63, 3.8) is 0 Å². The zero-order chi connectivity index (χ0) is 13.5. The van der Waals surface area contributed by atoms with E-state index in [-0.39, 0.29) is 0 Å². The van der Waals surface area contributed by atoms with Crippen LogP contribution in [-0.2, 0) is 12.4 Å². The van der Waals surface area contributed by atoms with Gasteiger partial charge in [-0.25, -0.2) is 4.36 Å². The number of nitrogens with zero attached hydrogens (tertiary/aromatic N) is 3. The van der Waals surface area contributed by atoms with E-state index in [4.69, 9.17) is 5.73 Å². The van der Waals surface area contributed by atoms with Gasteiger partial charge in [-0.2, -0.15) is 0 Å². The molecule has 0 aliphatic heterocycles. The van der Waals surface area contributed by atoms with E-state index >= 15 is 0 Å². The molecule has 2 N–H and O–H groups in total. The minimum absolute atomic E-state index is 0.827.